The van der Waals surface area contributed by atoms with Crippen molar-refractivity contribution in [3.8, 4) is 11.1 Å². The maximum atomic E-state index is 2.43. The summed E-state index contributed by atoms with van der Waals surface area (Å²) in [7, 11) is 0. The van der Waals surface area contributed by atoms with Crippen LogP contribution in [-0.4, -0.2) is 0 Å². The molecule has 254 valence electrons. The lowest BCUT2D eigenvalue weighted by atomic mass is 9.81. The molecule has 0 radical (unpaired) electrons. The van der Waals surface area contributed by atoms with Gasteiger partial charge in [-0.25, -0.2) is 0 Å². The van der Waals surface area contributed by atoms with Gasteiger partial charge in [-0.15, -0.1) is 0 Å². The van der Waals surface area contributed by atoms with Crippen LogP contribution in [0.25, 0.3) is 35.4 Å². The fourth-order valence-corrected chi connectivity index (χ4v) is 8.72. The van der Waals surface area contributed by atoms with Crippen LogP contribution in [0.3, 0.4) is 0 Å². The van der Waals surface area contributed by atoms with Crippen LogP contribution >= 0.6 is 0 Å². The third-order valence-corrected chi connectivity index (χ3v) is 11.5. The van der Waals surface area contributed by atoms with Crippen LogP contribution in [0.2, 0.25) is 0 Å². The summed E-state index contributed by atoms with van der Waals surface area (Å²) in [6, 6.07) is 58.1. The third kappa shape index (κ3) is 5.25. The van der Waals surface area contributed by atoms with Gasteiger partial charge in [-0.3, -0.25) is 0 Å². The van der Waals surface area contributed by atoms with Gasteiger partial charge in [-0.05, 0) is 117 Å². The zero-order valence-electron chi connectivity index (χ0n) is 30.1. The maximum absolute atomic E-state index is 2.43. The Kier molecular flexibility index (Phi) is 7.33. The van der Waals surface area contributed by atoms with E-state index in [2.05, 4.69) is 206 Å². The molecule has 10 rings (SSSR count). The highest BCUT2D eigenvalue weighted by Gasteiger charge is 2.36. The second-order valence-electron chi connectivity index (χ2n) is 15.0. The Balaban J connectivity index is 0.953. The molecule has 0 N–H and O–H groups in total. The topological polar surface area (TPSA) is 6.48 Å². The molecule has 2 aliphatic heterocycles. The van der Waals surface area contributed by atoms with Gasteiger partial charge in [0, 0.05) is 28.2 Å². The van der Waals surface area contributed by atoms with Gasteiger partial charge in [0.25, 0.3) is 0 Å². The average molecular weight is 681 g/mol. The first-order valence-corrected chi connectivity index (χ1v) is 18.7. The number of rotatable bonds is 4. The summed E-state index contributed by atoms with van der Waals surface area (Å²) < 4.78 is 0. The predicted molar refractivity (Wildman–Crippen MR) is 225 cm³/mol. The molecule has 0 amide bonds. The van der Waals surface area contributed by atoms with E-state index < -0.39 is 0 Å². The molecule has 0 bridgehead atoms. The third-order valence-electron chi connectivity index (χ3n) is 11.5. The normalized spacial score (nSPS) is 14.8. The summed E-state index contributed by atoms with van der Waals surface area (Å²) >= 11 is 0. The van der Waals surface area contributed by atoms with Crippen molar-refractivity contribution in [2.75, 3.05) is 9.80 Å². The van der Waals surface area contributed by atoms with E-state index in [0.29, 0.717) is 0 Å². The van der Waals surface area contributed by atoms with E-state index in [1.807, 2.05) is 0 Å². The van der Waals surface area contributed by atoms with Crippen LogP contribution in [0.15, 0.2) is 158 Å². The molecule has 2 heteroatoms. The number of fused-ring (bicyclic) bond motifs is 7. The van der Waals surface area contributed by atoms with Gasteiger partial charge in [-0.2, -0.15) is 0 Å². The summed E-state index contributed by atoms with van der Waals surface area (Å²) in [5.41, 5.74) is 20.2. The Morgan fingerprint density at radius 1 is 0.434 bits per heavy atom. The largest absolute Gasteiger partial charge is 0.310 e. The Morgan fingerprint density at radius 2 is 0.887 bits per heavy atom. The molecule has 7 aromatic rings. The Bertz CT molecular complexity index is 2510. The summed E-state index contributed by atoms with van der Waals surface area (Å²) in [4.78, 5) is 4.85. The van der Waals surface area contributed by atoms with Crippen LogP contribution in [0.4, 0.5) is 34.1 Å². The molecule has 0 fully saturated rings. The quantitative estimate of drug-likeness (QED) is 0.171. The molecular formula is C51H40N2. The summed E-state index contributed by atoms with van der Waals surface area (Å²) in [6.45, 7) is 4.75. The van der Waals surface area contributed by atoms with Crippen molar-refractivity contribution < 1.29 is 0 Å². The van der Waals surface area contributed by atoms with E-state index in [9.17, 15) is 0 Å². The molecule has 0 spiro atoms. The first-order chi connectivity index (χ1) is 26.0. The molecule has 53 heavy (non-hydrogen) atoms. The van der Waals surface area contributed by atoms with Crippen LogP contribution in [0.1, 0.15) is 58.4 Å². The number of benzene rings is 7. The van der Waals surface area contributed by atoms with Crippen molar-refractivity contribution in [3.05, 3.63) is 202 Å². The van der Waals surface area contributed by atoms with E-state index >= 15 is 0 Å². The molecule has 1 aliphatic carbocycles. The number of nitrogens with zero attached hydrogens (tertiary/aromatic N) is 2. The average Bonchev–Trinajstić information content (AvgIpc) is 3.33. The van der Waals surface area contributed by atoms with Crippen molar-refractivity contribution in [2.45, 2.75) is 32.1 Å². The summed E-state index contributed by atoms with van der Waals surface area (Å²) in [5, 5.41) is 0. The zero-order valence-corrected chi connectivity index (χ0v) is 30.1. The second-order valence-corrected chi connectivity index (χ2v) is 15.0. The second kappa shape index (κ2) is 12.4. The van der Waals surface area contributed by atoms with Crippen LogP contribution in [0, 0.1) is 0 Å². The fraction of sp³-hybridized carbons (Fsp3) is 0.0980. The van der Waals surface area contributed by atoms with Crippen molar-refractivity contribution in [2.24, 2.45) is 0 Å². The summed E-state index contributed by atoms with van der Waals surface area (Å²) in [6.07, 6.45) is 11.1. The molecule has 2 nitrogen and oxygen atoms in total. The first-order valence-electron chi connectivity index (χ1n) is 18.7. The van der Waals surface area contributed by atoms with Gasteiger partial charge in [0.1, 0.15) is 0 Å². The van der Waals surface area contributed by atoms with Crippen LogP contribution in [0.5, 0.6) is 0 Å². The minimum atomic E-state index is -0.144. The molecule has 0 aromatic heterocycles. The minimum absolute atomic E-state index is 0.144. The predicted octanol–water partition coefficient (Wildman–Crippen LogP) is 13.7. The molecule has 2 heterocycles. The Morgan fingerprint density at radius 3 is 1.51 bits per heavy atom. The van der Waals surface area contributed by atoms with Gasteiger partial charge in [0.05, 0.1) is 11.4 Å². The molecule has 0 saturated carbocycles. The van der Waals surface area contributed by atoms with Crippen molar-refractivity contribution >= 4 is 58.4 Å². The number of hydrogen-bond acceptors (Lipinski definition) is 2. The number of anilines is 6. The molecule has 0 unspecified atom stereocenters. The lowest BCUT2D eigenvalue weighted by Gasteiger charge is -2.29. The highest BCUT2D eigenvalue weighted by Crippen LogP contribution is 2.52. The lowest BCUT2D eigenvalue weighted by molar-refractivity contribution is 0.660. The van der Waals surface area contributed by atoms with Gasteiger partial charge in [0.2, 0.25) is 0 Å². The number of hydrogen-bond donors (Lipinski definition) is 0. The van der Waals surface area contributed by atoms with Crippen molar-refractivity contribution in [1.82, 2.24) is 0 Å². The fourth-order valence-electron chi connectivity index (χ4n) is 8.72. The van der Waals surface area contributed by atoms with E-state index in [4.69, 9.17) is 0 Å². The number of para-hydroxylation sites is 4. The SMILES string of the molecule is CC1(C)c2cc(C=Cc3ccc(N4c5ccccc5CCc5ccccc54)cc3)ccc2-c2ccc(N3c4ccccc4C=Cc4ccccc43)cc21. The highest BCUT2D eigenvalue weighted by molar-refractivity contribution is 5.94. The zero-order chi connectivity index (χ0) is 35.5. The smallest absolute Gasteiger partial charge is 0.0534 e. The molecule has 0 atom stereocenters. The van der Waals surface area contributed by atoms with E-state index in [1.165, 1.54) is 89.8 Å². The standard InChI is InChI=1S/C51H40N2/c1-51(2)45-33-36(20-19-35-21-28-41(29-22-35)52-47-15-7-3-11-37(47)24-25-38-12-4-8-16-48(38)52)23-31-43(45)44-32-30-42(34-46(44)51)53-49-17-9-5-13-39(49)26-27-40-14-6-10-18-50(40)53/h3-23,26-34H,24-25H2,1-2H3. The Hall–Kier alpha value is -6.38. The maximum Gasteiger partial charge on any atom is 0.0534 e. The van der Waals surface area contributed by atoms with Crippen molar-refractivity contribution in [1.29, 1.82) is 0 Å². The molecular weight excluding hydrogens is 641 g/mol. The highest BCUT2D eigenvalue weighted by atomic mass is 15.2. The minimum Gasteiger partial charge on any atom is -0.310 e. The van der Waals surface area contributed by atoms with Crippen molar-refractivity contribution in [3.63, 3.8) is 0 Å². The van der Waals surface area contributed by atoms with E-state index in [-0.39, 0.29) is 5.41 Å². The number of aryl methyl sites for hydroxylation is 2. The van der Waals surface area contributed by atoms with Gasteiger partial charge < -0.3 is 9.80 Å². The van der Waals surface area contributed by atoms with E-state index in [0.717, 1.165) is 12.8 Å². The molecule has 7 aromatic carbocycles. The Labute approximate surface area is 312 Å². The van der Waals surface area contributed by atoms with Crippen LogP contribution < -0.4 is 9.80 Å². The molecule has 3 aliphatic rings. The summed E-state index contributed by atoms with van der Waals surface area (Å²) in [5.74, 6) is 0. The van der Waals surface area contributed by atoms with Gasteiger partial charge >= 0.3 is 0 Å². The van der Waals surface area contributed by atoms with Gasteiger partial charge in [-0.1, -0.05) is 147 Å². The lowest BCUT2D eigenvalue weighted by Crippen LogP contribution is -2.17. The monoisotopic (exact) mass is 680 g/mol. The van der Waals surface area contributed by atoms with Gasteiger partial charge in [0.15, 0.2) is 0 Å². The van der Waals surface area contributed by atoms with Crippen LogP contribution in [-0.2, 0) is 18.3 Å². The van der Waals surface area contributed by atoms with E-state index in [1.54, 1.807) is 0 Å². The first kappa shape index (κ1) is 31.4. The molecule has 0 saturated heterocycles.